The Labute approximate surface area is 166 Å². The minimum atomic E-state index is -0.837. The number of halogens is 2. The predicted octanol–water partition coefficient (Wildman–Crippen LogP) is 5.30. The lowest BCUT2D eigenvalue weighted by Gasteiger charge is -2.33. The summed E-state index contributed by atoms with van der Waals surface area (Å²) in [5.41, 5.74) is 0.105. The Kier molecular flexibility index (Phi) is 6.93. The molecular formula is C18H26Br2N2O3. The van der Waals surface area contributed by atoms with Gasteiger partial charge in [0.25, 0.3) is 0 Å². The van der Waals surface area contributed by atoms with Crippen LogP contribution in [0, 0.1) is 0 Å². The standard InChI is InChI=1S/C18H26Br2N2O3/c1-17(2,3)25-16(23)22-15-12(9-13(19)10-14(15)20)11-21-18(24)7-5-4-6-8-18/h9-10,21,24H,4-8,11H2,1-3H3,(H,22,23). The van der Waals surface area contributed by atoms with E-state index >= 15 is 0 Å². The highest BCUT2D eigenvalue weighted by Crippen LogP contribution is 2.32. The molecule has 1 fully saturated rings. The van der Waals surface area contributed by atoms with E-state index in [0.29, 0.717) is 12.2 Å². The zero-order chi connectivity index (χ0) is 18.7. The summed E-state index contributed by atoms with van der Waals surface area (Å²) >= 11 is 6.97. The van der Waals surface area contributed by atoms with Crippen molar-refractivity contribution in [3.8, 4) is 0 Å². The first-order valence-electron chi connectivity index (χ1n) is 8.53. The van der Waals surface area contributed by atoms with Crippen LogP contribution >= 0.6 is 31.9 Å². The lowest BCUT2D eigenvalue weighted by molar-refractivity contribution is -0.0295. The molecule has 5 nitrogen and oxygen atoms in total. The largest absolute Gasteiger partial charge is 0.444 e. The molecule has 0 radical (unpaired) electrons. The highest BCUT2D eigenvalue weighted by Gasteiger charge is 2.29. The highest BCUT2D eigenvalue weighted by molar-refractivity contribution is 9.11. The van der Waals surface area contributed by atoms with E-state index in [1.54, 1.807) is 0 Å². The molecule has 0 aliphatic heterocycles. The summed E-state index contributed by atoms with van der Waals surface area (Å²) in [4.78, 5) is 12.2. The Morgan fingerprint density at radius 2 is 1.88 bits per heavy atom. The van der Waals surface area contributed by atoms with E-state index in [2.05, 4.69) is 42.5 Å². The summed E-state index contributed by atoms with van der Waals surface area (Å²) in [7, 11) is 0. The van der Waals surface area contributed by atoms with E-state index < -0.39 is 17.4 Å². The maximum Gasteiger partial charge on any atom is 0.412 e. The number of hydrogen-bond acceptors (Lipinski definition) is 4. The highest BCUT2D eigenvalue weighted by atomic mass is 79.9. The minimum absolute atomic E-state index is 0.444. The average Bonchev–Trinajstić information content (AvgIpc) is 2.47. The number of carbonyl (C=O) groups excluding carboxylic acids is 1. The second-order valence-electron chi connectivity index (χ2n) is 7.49. The summed E-state index contributed by atoms with van der Waals surface area (Å²) in [5, 5.41) is 16.7. The van der Waals surface area contributed by atoms with Crippen molar-refractivity contribution in [3.63, 3.8) is 0 Å². The predicted molar refractivity (Wildman–Crippen MR) is 107 cm³/mol. The Bertz CT molecular complexity index is 623. The number of carbonyl (C=O) groups is 1. The third-order valence-corrected chi connectivity index (χ3v) is 5.13. The van der Waals surface area contributed by atoms with Gasteiger partial charge in [0.1, 0.15) is 11.3 Å². The van der Waals surface area contributed by atoms with Gasteiger partial charge in [0.15, 0.2) is 0 Å². The first kappa shape index (κ1) is 20.7. The van der Waals surface area contributed by atoms with Crippen LogP contribution in [0.15, 0.2) is 21.1 Å². The van der Waals surface area contributed by atoms with Crippen LogP contribution in [-0.2, 0) is 11.3 Å². The molecule has 1 aliphatic rings. The monoisotopic (exact) mass is 476 g/mol. The Hall–Kier alpha value is -0.630. The SMILES string of the molecule is CC(C)(C)OC(=O)Nc1c(Br)cc(Br)cc1CNC1(O)CCCCC1. The van der Waals surface area contributed by atoms with Crippen molar-refractivity contribution >= 4 is 43.6 Å². The Morgan fingerprint density at radius 1 is 1.24 bits per heavy atom. The molecule has 1 aromatic carbocycles. The molecule has 3 N–H and O–H groups in total. The fourth-order valence-electron chi connectivity index (χ4n) is 2.89. The van der Waals surface area contributed by atoms with Gasteiger partial charge in [-0.3, -0.25) is 10.6 Å². The first-order chi connectivity index (χ1) is 11.6. The molecule has 0 heterocycles. The molecule has 0 saturated heterocycles. The quantitative estimate of drug-likeness (QED) is 0.514. The van der Waals surface area contributed by atoms with Gasteiger partial charge < -0.3 is 9.84 Å². The van der Waals surface area contributed by atoms with Crippen molar-refractivity contribution in [1.82, 2.24) is 5.32 Å². The fraction of sp³-hybridized carbons (Fsp3) is 0.611. The number of benzene rings is 1. The molecule has 0 spiro atoms. The molecule has 1 amide bonds. The number of ether oxygens (including phenoxy) is 1. The van der Waals surface area contributed by atoms with E-state index in [4.69, 9.17) is 4.74 Å². The molecular weight excluding hydrogens is 452 g/mol. The number of anilines is 1. The molecule has 25 heavy (non-hydrogen) atoms. The molecule has 2 rings (SSSR count). The molecule has 0 atom stereocenters. The second-order valence-corrected chi connectivity index (χ2v) is 9.26. The fourth-order valence-corrected chi connectivity index (χ4v) is 4.30. The normalized spacial score (nSPS) is 17.2. The van der Waals surface area contributed by atoms with Gasteiger partial charge in [-0.05, 0) is 80.1 Å². The van der Waals surface area contributed by atoms with Crippen LogP contribution in [0.25, 0.3) is 0 Å². The summed E-state index contributed by atoms with van der Waals surface area (Å²) in [6, 6.07) is 3.79. The number of aliphatic hydroxyl groups is 1. The zero-order valence-corrected chi connectivity index (χ0v) is 18.1. The van der Waals surface area contributed by atoms with Gasteiger partial charge in [0.2, 0.25) is 0 Å². The van der Waals surface area contributed by atoms with E-state index in [1.165, 1.54) is 0 Å². The van der Waals surface area contributed by atoms with Gasteiger partial charge in [0, 0.05) is 15.5 Å². The van der Waals surface area contributed by atoms with Crippen LogP contribution in [-0.4, -0.2) is 22.5 Å². The molecule has 1 aliphatic carbocycles. The number of hydrogen-bond donors (Lipinski definition) is 3. The third kappa shape index (κ3) is 6.55. The molecule has 1 aromatic rings. The Balaban J connectivity index is 2.14. The van der Waals surface area contributed by atoms with Gasteiger partial charge in [0.05, 0.1) is 5.69 Å². The smallest absolute Gasteiger partial charge is 0.412 e. The van der Waals surface area contributed by atoms with Crippen molar-refractivity contribution in [3.05, 3.63) is 26.6 Å². The van der Waals surface area contributed by atoms with Crippen molar-refractivity contribution in [2.75, 3.05) is 5.32 Å². The van der Waals surface area contributed by atoms with Crippen LogP contribution < -0.4 is 10.6 Å². The van der Waals surface area contributed by atoms with Crippen LogP contribution in [0.5, 0.6) is 0 Å². The van der Waals surface area contributed by atoms with Crippen LogP contribution in [0.1, 0.15) is 58.4 Å². The molecule has 7 heteroatoms. The van der Waals surface area contributed by atoms with Gasteiger partial charge in [-0.15, -0.1) is 0 Å². The molecule has 0 aromatic heterocycles. The van der Waals surface area contributed by atoms with Crippen LogP contribution in [0.2, 0.25) is 0 Å². The lowest BCUT2D eigenvalue weighted by Crippen LogP contribution is -2.46. The van der Waals surface area contributed by atoms with Gasteiger partial charge in [-0.25, -0.2) is 4.79 Å². The summed E-state index contributed by atoms with van der Waals surface area (Å²) in [6.45, 7) is 5.92. The van der Waals surface area contributed by atoms with Crippen LogP contribution in [0.3, 0.4) is 0 Å². The second kappa shape index (κ2) is 8.37. The summed E-state index contributed by atoms with van der Waals surface area (Å²) < 4.78 is 6.98. The summed E-state index contributed by atoms with van der Waals surface area (Å²) in [6.07, 6.45) is 4.20. The minimum Gasteiger partial charge on any atom is -0.444 e. The number of rotatable bonds is 4. The molecule has 140 valence electrons. The van der Waals surface area contributed by atoms with Crippen molar-refractivity contribution in [2.45, 2.75) is 70.7 Å². The summed E-state index contributed by atoms with van der Waals surface area (Å²) in [5.74, 6) is 0. The molecule has 1 saturated carbocycles. The maximum absolute atomic E-state index is 12.2. The van der Waals surface area contributed by atoms with E-state index in [0.717, 1.165) is 46.6 Å². The topological polar surface area (TPSA) is 70.6 Å². The van der Waals surface area contributed by atoms with Gasteiger partial charge >= 0.3 is 6.09 Å². The zero-order valence-electron chi connectivity index (χ0n) is 14.9. The lowest BCUT2D eigenvalue weighted by atomic mass is 9.91. The van der Waals surface area contributed by atoms with Crippen LogP contribution in [0.4, 0.5) is 10.5 Å². The molecule has 0 unspecified atom stereocenters. The maximum atomic E-state index is 12.2. The number of nitrogens with one attached hydrogen (secondary N) is 2. The van der Waals surface area contributed by atoms with E-state index in [-0.39, 0.29) is 0 Å². The number of amides is 1. The van der Waals surface area contributed by atoms with E-state index in [1.807, 2.05) is 32.9 Å². The average molecular weight is 478 g/mol. The molecule has 0 bridgehead atoms. The van der Waals surface area contributed by atoms with Gasteiger partial charge in [-0.2, -0.15) is 0 Å². The van der Waals surface area contributed by atoms with E-state index in [9.17, 15) is 9.90 Å². The van der Waals surface area contributed by atoms with Crippen molar-refractivity contribution in [2.24, 2.45) is 0 Å². The van der Waals surface area contributed by atoms with Crippen molar-refractivity contribution in [1.29, 1.82) is 0 Å². The van der Waals surface area contributed by atoms with Gasteiger partial charge in [-0.1, -0.05) is 22.4 Å². The third-order valence-electron chi connectivity index (χ3n) is 4.05. The van der Waals surface area contributed by atoms with Crippen molar-refractivity contribution < 1.29 is 14.6 Å². The Morgan fingerprint density at radius 3 is 2.48 bits per heavy atom. The first-order valence-corrected chi connectivity index (χ1v) is 10.1.